The van der Waals surface area contributed by atoms with Crippen molar-refractivity contribution in [2.75, 3.05) is 18.1 Å². The monoisotopic (exact) mass is 267 g/mol. The Balaban J connectivity index is 1.70. The Morgan fingerprint density at radius 2 is 2.06 bits per heavy atom. The van der Waals surface area contributed by atoms with E-state index in [-0.39, 0.29) is 17.6 Å². The first-order chi connectivity index (χ1) is 8.25. The molecule has 0 spiro atoms. The molecule has 0 aromatic heterocycles. The first-order valence-electron chi connectivity index (χ1n) is 5.36. The normalized spacial score (nSPS) is 17.5. The smallest absolute Gasteiger partial charge is 0.251 e. The van der Waals surface area contributed by atoms with E-state index in [0.717, 1.165) is 11.5 Å². The molecule has 2 rings (SSSR count). The van der Waals surface area contributed by atoms with Gasteiger partial charge in [-0.3, -0.25) is 9.59 Å². The van der Waals surface area contributed by atoms with E-state index >= 15 is 0 Å². The molecule has 1 amide bonds. The summed E-state index contributed by atoms with van der Waals surface area (Å²) in [5, 5.41) is 3.30. The van der Waals surface area contributed by atoms with E-state index in [9.17, 15) is 9.59 Å². The number of rotatable bonds is 5. The van der Waals surface area contributed by atoms with Gasteiger partial charge in [0.25, 0.3) is 5.91 Å². The number of nitrogens with one attached hydrogen (secondary N) is 1. The second kappa shape index (κ2) is 6.12. The average molecular weight is 267 g/mol. The van der Waals surface area contributed by atoms with Gasteiger partial charge >= 0.3 is 0 Å². The molecule has 1 fully saturated rings. The molecule has 0 radical (unpaired) electrons. The first kappa shape index (κ1) is 12.5. The van der Waals surface area contributed by atoms with Gasteiger partial charge in [-0.1, -0.05) is 30.0 Å². The fourth-order valence-electron chi connectivity index (χ4n) is 1.25. The minimum absolute atomic E-state index is 0.0294. The summed E-state index contributed by atoms with van der Waals surface area (Å²) in [5.74, 6) is 1.84. The highest BCUT2D eigenvalue weighted by Gasteiger charge is 2.23. The summed E-state index contributed by atoms with van der Waals surface area (Å²) in [6.07, 6.45) is 0. The van der Waals surface area contributed by atoms with E-state index in [2.05, 4.69) is 5.32 Å². The molecule has 1 aromatic rings. The van der Waals surface area contributed by atoms with Crippen molar-refractivity contribution >= 4 is 34.5 Å². The standard InChI is InChI=1S/C12H13NO2S2/c14-11(17-8-10-7-16-10)6-13-12(15)9-4-2-1-3-5-9/h1-5,10H,6-8H2,(H,13,15). The van der Waals surface area contributed by atoms with Crippen LogP contribution in [0, 0.1) is 0 Å². The Labute approximate surface area is 109 Å². The molecule has 1 N–H and O–H groups in total. The summed E-state index contributed by atoms with van der Waals surface area (Å²) in [6, 6.07) is 8.91. The first-order valence-corrected chi connectivity index (χ1v) is 7.39. The largest absolute Gasteiger partial charge is 0.344 e. The van der Waals surface area contributed by atoms with Gasteiger partial charge in [-0.2, -0.15) is 11.8 Å². The molecular weight excluding hydrogens is 254 g/mol. The quantitative estimate of drug-likeness (QED) is 0.826. The van der Waals surface area contributed by atoms with Crippen LogP contribution >= 0.6 is 23.5 Å². The number of carbonyl (C=O) groups is 2. The van der Waals surface area contributed by atoms with Crippen molar-refractivity contribution in [3.63, 3.8) is 0 Å². The van der Waals surface area contributed by atoms with Crippen molar-refractivity contribution in [1.82, 2.24) is 5.32 Å². The summed E-state index contributed by atoms with van der Waals surface area (Å²) >= 11 is 3.18. The van der Waals surface area contributed by atoms with Crippen LogP contribution in [0.1, 0.15) is 10.4 Å². The Hall–Kier alpha value is -0.940. The molecule has 5 heteroatoms. The molecule has 90 valence electrons. The SMILES string of the molecule is O=C(CNC(=O)c1ccccc1)SCC1CS1. The third kappa shape index (κ3) is 4.44. The molecular formula is C12H13NO2S2. The van der Waals surface area contributed by atoms with Crippen molar-refractivity contribution < 1.29 is 9.59 Å². The summed E-state index contributed by atoms with van der Waals surface area (Å²) in [6.45, 7) is 0.107. The lowest BCUT2D eigenvalue weighted by atomic mass is 10.2. The molecule has 17 heavy (non-hydrogen) atoms. The number of thioether (sulfide) groups is 2. The van der Waals surface area contributed by atoms with Crippen LogP contribution in [0.3, 0.4) is 0 Å². The van der Waals surface area contributed by atoms with Gasteiger partial charge in [0.15, 0.2) is 0 Å². The minimum atomic E-state index is -0.194. The van der Waals surface area contributed by atoms with E-state index < -0.39 is 0 Å². The Kier molecular flexibility index (Phi) is 4.50. The molecule has 1 atom stereocenters. The van der Waals surface area contributed by atoms with Gasteiger partial charge in [0.2, 0.25) is 5.12 Å². The van der Waals surface area contributed by atoms with Gasteiger partial charge in [-0.05, 0) is 12.1 Å². The number of benzene rings is 1. The van der Waals surface area contributed by atoms with Crippen LogP contribution in [0.5, 0.6) is 0 Å². The summed E-state index contributed by atoms with van der Waals surface area (Å²) in [5.41, 5.74) is 0.586. The Morgan fingerprint density at radius 3 is 2.71 bits per heavy atom. The van der Waals surface area contributed by atoms with Gasteiger partial charge in [0.1, 0.15) is 0 Å². The van der Waals surface area contributed by atoms with E-state index in [4.69, 9.17) is 0 Å². The molecule has 1 aliphatic heterocycles. The lowest BCUT2D eigenvalue weighted by Gasteiger charge is -2.03. The van der Waals surface area contributed by atoms with Crippen molar-refractivity contribution in [2.45, 2.75) is 5.25 Å². The maximum atomic E-state index is 11.6. The Morgan fingerprint density at radius 1 is 1.35 bits per heavy atom. The van der Waals surface area contributed by atoms with Gasteiger partial charge in [-0.15, -0.1) is 0 Å². The zero-order chi connectivity index (χ0) is 12.1. The summed E-state index contributed by atoms with van der Waals surface area (Å²) < 4.78 is 0. The topological polar surface area (TPSA) is 46.2 Å². The van der Waals surface area contributed by atoms with Crippen molar-refractivity contribution in [2.24, 2.45) is 0 Å². The zero-order valence-electron chi connectivity index (χ0n) is 9.22. The maximum Gasteiger partial charge on any atom is 0.251 e. The fourth-order valence-corrected chi connectivity index (χ4v) is 2.90. The molecule has 1 heterocycles. The van der Waals surface area contributed by atoms with E-state index in [1.165, 1.54) is 11.8 Å². The second-order valence-electron chi connectivity index (χ2n) is 3.69. The fraction of sp³-hybridized carbons (Fsp3) is 0.333. The summed E-state index contributed by atoms with van der Waals surface area (Å²) in [4.78, 5) is 23.1. The van der Waals surface area contributed by atoms with E-state index in [1.54, 1.807) is 24.3 Å². The van der Waals surface area contributed by atoms with Crippen LogP contribution < -0.4 is 5.32 Å². The molecule has 3 nitrogen and oxygen atoms in total. The van der Waals surface area contributed by atoms with Crippen molar-refractivity contribution in [1.29, 1.82) is 0 Å². The van der Waals surface area contributed by atoms with E-state index in [0.29, 0.717) is 10.8 Å². The predicted octanol–water partition coefficient (Wildman–Crippen LogP) is 1.79. The highest BCUT2D eigenvalue weighted by molar-refractivity contribution is 8.15. The molecule has 1 saturated heterocycles. The number of amides is 1. The highest BCUT2D eigenvalue weighted by Crippen LogP contribution is 2.32. The molecule has 1 unspecified atom stereocenters. The third-order valence-electron chi connectivity index (χ3n) is 2.26. The third-order valence-corrected chi connectivity index (χ3v) is 4.48. The molecule has 1 aromatic carbocycles. The van der Waals surface area contributed by atoms with Crippen LogP contribution in [0.15, 0.2) is 30.3 Å². The molecule has 1 aliphatic rings. The maximum absolute atomic E-state index is 11.6. The lowest BCUT2D eigenvalue weighted by molar-refractivity contribution is -0.110. The second-order valence-corrected chi connectivity index (χ2v) is 6.10. The average Bonchev–Trinajstić information content (AvgIpc) is 3.18. The molecule has 0 aliphatic carbocycles. The number of hydrogen-bond donors (Lipinski definition) is 1. The highest BCUT2D eigenvalue weighted by atomic mass is 32.2. The molecule has 0 saturated carbocycles. The summed E-state index contributed by atoms with van der Waals surface area (Å²) in [7, 11) is 0. The lowest BCUT2D eigenvalue weighted by Crippen LogP contribution is -2.28. The van der Waals surface area contributed by atoms with Crippen LogP contribution in [0.25, 0.3) is 0 Å². The predicted molar refractivity (Wildman–Crippen MR) is 72.5 cm³/mol. The van der Waals surface area contributed by atoms with Gasteiger partial charge in [-0.25, -0.2) is 0 Å². The van der Waals surface area contributed by atoms with Crippen molar-refractivity contribution in [3.8, 4) is 0 Å². The van der Waals surface area contributed by atoms with Crippen LogP contribution in [0.2, 0.25) is 0 Å². The number of carbonyl (C=O) groups excluding carboxylic acids is 2. The van der Waals surface area contributed by atoms with Gasteiger partial charge in [0.05, 0.1) is 6.54 Å². The minimum Gasteiger partial charge on any atom is -0.344 e. The van der Waals surface area contributed by atoms with Gasteiger partial charge in [0, 0.05) is 22.3 Å². The molecule has 0 bridgehead atoms. The zero-order valence-corrected chi connectivity index (χ0v) is 10.9. The van der Waals surface area contributed by atoms with Crippen molar-refractivity contribution in [3.05, 3.63) is 35.9 Å². The van der Waals surface area contributed by atoms with Gasteiger partial charge < -0.3 is 5.32 Å². The van der Waals surface area contributed by atoms with Crippen LogP contribution in [0.4, 0.5) is 0 Å². The van der Waals surface area contributed by atoms with Crippen LogP contribution in [-0.4, -0.2) is 34.3 Å². The van der Waals surface area contributed by atoms with Crippen LogP contribution in [-0.2, 0) is 4.79 Å². The number of hydrogen-bond acceptors (Lipinski definition) is 4. The Bertz CT molecular complexity index is 404. The van der Waals surface area contributed by atoms with E-state index in [1.807, 2.05) is 17.8 Å².